The zero-order chi connectivity index (χ0) is 19.9. The minimum atomic E-state index is -4.43. The molecule has 1 aromatic carbocycles. The summed E-state index contributed by atoms with van der Waals surface area (Å²) in [7, 11) is 0. The molecule has 0 spiro atoms. The molecule has 9 heteroatoms. The molecule has 0 radical (unpaired) electrons. The highest BCUT2D eigenvalue weighted by Crippen LogP contribution is 2.41. The number of carbonyl (C=O) groups excluding carboxylic acids is 1. The van der Waals surface area contributed by atoms with Crippen molar-refractivity contribution in [1.29, 1.82) is 0 Å². The monoisotopic (exact) mass is 441 g/mol. The number of amides is 1. The van der Waals surface area contributed by atoms with Gasteiger partial charge in [-0.15, -0.1) is 12.4 Å². The van der Waals surface area contributed by atoms with E-state index in [1.54, 1.807) is 12.1 Å². The molecular weight excluding hydrogens is 423 g/mol. The topological polar surface area (TPSA) is 60.0 Å². The molecule has 2 aromatic heterocycles. The number of rotatable bonds is 4. The average molecular weight is 442 g/mol. The molecule has 1 aliphatic rings. The molecule has 1 unspecified atom stereocenters. The van der Waals surface area contributed by atoms with Crippen LogP contribution in [0, 0.1) is 0 Å². The summed E-state index contributed by atoms with van der Waals surface area (Å²) in [5.74, 6) is -0.233. The molecule has 1 atom stereocenters. The lowest BCUT2D eigenvalue weighted by Gasteiger charge is -2.28. The van der Waals surface area contributed by atoms with Crippen molar-refractivity contribution < 1.29 is 18.0 Å². The minimum absolute atomic E-state index is 0. The third-order valence-corrected chi connectivity index (χ3v) is 5.61. The maximum atomic E-state index is 13.2. The van der Waals surface area contributed by atoms with E-state index < -0.39 is 11.7 Å². The third-order valence-electron chi connectivity index (χ3n) is 4.93. The average Bonchev–Trinajstić information content (AvgIpc) is 3.31. The van der Waals surface area contributed by atoms with Crippen molar-refractivity contribution in [1.82, 2.24) is 9.88 Å². The van der Waals surface area contributed by atoms with Crippen LogP contribution in [-0.4, -0.2) is 23.6 Å². The van der Waals surface area contributed by atoms with Crippen LogP contribution in [0.2, 0.25) is 0 Å². The second-order valence-electron chi connectivity index (χ2n) is 6.69. The van der Waals surface area contributed by atoms with E-state index in [-0.39, 0.29) is 24.4 Å². The van der Waals surface area contributed by atoms with E-state index in [0.717, 1.165) is 23.4 Å². The molecule has 3 aromatic rings. The number of nitrogens with one attached hydrogen (secondary N) is 1. The van der Waals surface area contributed by atoms with E-state index in [9.17, 15) is 18.0 Å². The zero-order valence-corrected chi connectivity index (χ0v) is 16.8. The highest BCUT2D eigenvalue weighted by atomic mass is 35.5. The van der Waals surface area contributed by atoms with Gasteiger partial charge in [-0.2, -0.15) is 24.5 Å². The van der Waals surface area contributed by atoms with Crippen molar-refractivity contribution in [2.24, 2.45) is 5.73 Å². The van der Waals surface area contributed by atoms with Gasteiger partial charge >= 0.3 is 6.18 Å². The van der Waals surface area contributed by atoms with Crippen molar-refractivity contribution in [2.75, 3.05) is 13.1 Å². The first-order chi connectivity index (χ1) is 13.4. The van der Waals surface area contributed by atoms with Crippen molar-refractivity contribution in [3.05, 3.63) is 58.4 Å². The Kier molecular flexibility index (Phi) is 6.07. The molecule has 0 aliphatic carbocycles. The summed E-state index contributed by atoms with van der Waals surface area (Å²) in [6.07, 6.45) is -3.78. The fraction of sp³-hybridized carbons (Fsp3) is 0.250. The lowest BCUT2D eigenvalue weighted by atomic mass is 10.0. The Morgan fingerprint density at radius 3 is 2.66 bits per heavy atom. The first-order valence-corrected chi connectivity index (χ1v) is 9.78. The van der Waals surface area contributed by atoms with Crippen LogP contribution in [0.3, 0.4) is 0 Å². The number of nitrogens with zero attached hydrogens (tertiary/aromatic N) is 1. The van der Waals surface area contributed by atoms with Crippen LogP contribution in [0.25, 0.3) is 22.4 Å². The van der Waals surface area contributed by atoms with Crippen LogP contribution < -0.4 is 11.1 Å². The smallest absolute Gasteiger partial charge is 0.349 e. The fourth-order valence-electron chi connectivity index (χ4n) is 3.67. The lowest BCUT2D eigenvalue weighted by molar-refractivity contribution is -0.137. The van der Waals surface area contributed by atoms with Crippen molar-refractivity contribution in [3.63, 3.8) is 0 Å². The summed E-state index contributed by atoms with van der Waals surface area (Å²) in [5.41, 5.74) is 8.15. The van der Waals surface area contributed by atoms with Crippen LogP contribution in [0.1, 0.15) is 28.5 Å². The van der Waals surface area contributed by atoms with Gasteiger partial charge in [-0.3, -0.25) is 4.79 Å². The minimum Gasteiger partial charge on any atom is -0.349 e. The summed E-state index contributed by atoms with van der Waals surface area (Å²) < 4.78 is 41.6. The Hall–Kier alpha value is -2.29. The molecular formula is C20H19ClF3N3OS. The van der Waals surface area contributed by atoms with Gasteiger partial charge in [-0.05, 0) is 48.2 Å². The molecule has 29 heavy (non-hydrogen) atoms. The Bertz CT molecular complexity index is 1010. The maximum Gasteiger partial charge on any atom is 0.416 e. The number of hydrogen-bond donors (Lipinski definition) is 2. The number of hydrogen-bond acceptors (Lipinski definition) is 3. The van der Waals surface area contributed by atoms with Crippen molar-refractivity contribution in [2.45, 2.75) is 18.6 Å². The second-order valence-corrected chi connectivity index (χ2v) is 7.47. The molecule has 4 nitrogen and oxygen atoms in total. The molecule has 3 N–H and O–H groups in total. The van der Waals surface area contributed by atoms with Crippen LogP contribution in [0.5, 0.6) is 0 Å². The van der Waals surface area contributed by atoms with Gasteiger partial charge in [0.05, 0.1) is 17.3 Å². The number of nitrogens with two attached hydrogens (primary N) is 1. The van der Waals surface area contributed by atoms with Gasteiger partial charge in [0, 0.05) is 23.1 Å². The Labute approximate surface area is 175 Å². The van der Waals surface area contributed by atoms with E-state index in [0.29, 0.717) is 36.3 Å². The maximum absolute atomic E-state index is 13.2. The predicted octanol–water partition coefficient (Wildman–Crippen LogP) is 4.96. The van der Waals surface area contributed by atoms with Gasteiger partial charge in [0.2, 0.25) is 0 Å². The summed E-state index contributed by atoms with van der Waals surface area (Å²) >= 11 is 1.50. The largest absolute Gasteiger partial charge is 0.416 e. The molecule has 154 valence electrons. The number of benzene rings is 1. The van der Waals surface area contributed by atoms with Gasteiger partial charge < -0.3 is 15.6 Å². The number of fused-ring (bicyclic) bond motifs is 1. The van der Waals surface area contributed by atoms with E-state index in [4.69, 9.17) is 5.73 Å². The Balaban J connectivity index is 0.00000240. The molecule has 1 amide bonds. The van der Waals surface area contributed by atoms with E-state index in [2.05, 4.69) is 5.32 Å². The van der Waals surface area contributed by atoms with E-state index >= 15 is 0 Å². The SMILES string of the molecule is Cl.NCCC1CNC(=O)c2cc(-c3cccc(C(F)(F)F)c3)c(-c3ccsc3)n21. The second kappa shape index (κ2) is 8.22. The molecule has 4 rings (SSSR count). The van der Waals surface area contributed by atoms with Crippen molar-refractivity contribution >= 4 is 29.7 Å². The summed E-state index contributed by atoms with van der Waals surface area (Å²) in [5, 5.41) is 6.70. The highest BCUT2D eigenvalue weighted by molar-refractivity contribution is 7.08. The number of aromatic nitrogens is 1. The summed E-state index contributed by atoms with van der Waals surface area (Å²) in [4.78, 5) is 12.5. The summed E-state index contributed by atoms with van der Waals surface area (Å²) in [6, 6.07) is 8.76. The molecule has 0 bridgehead atoms. The molecule has 1 aliphatic heterocycles. The van der Waals surface area contributed by atoms with Crippen LogP contribution in [0.4, 0.5) is 13.2 Å². The normalized spacial score (nSPS) is 16.1. The van der Waals surface area contributed by atoms with Gasteiger partial charge in [0.1, 0.15) is 5.69 Å². The number of halogens is 4. The molecule has 3 heterocycles. The first-order valence-electron chi connectivity index (χ1n) is 8.84. The lowest BCUT2D eigenvalue weighted by Crippen LogP contribution is -2.39. The number of thiophene rings is 1. The van der Waals surface area contributed by atoms with Crippen LogP contribution in [0.15, 0.2) is 47.2 Å². The van der Waals surface area contributed by atoms with E-state index in [1.165, 1.54) is 17.4 Å². The molecule has 0 saturated heterocycles. The zero-order valence-electron chi connectivity index (χ0n) is 15.2. The quantitative estimate of drug-likeness (QED) is 0.601. The number of carbonyl (C=O) groups is 1. The first kappa shape index (κ1) is 21.4. The molecule has 0 fully saturated rings. The van der Waals surface area contributed by atoms with Gasteiger partial charge in [0.25, 0.3) is 5.91 Å². The van der Waals surface area contributed by atoms with Crippen LogP contribution in [-0.2, 0) is 6.18 Å². The van der Waals surface area contributed by atoms with Crippen molar-refractivity contribution in [3.8, 4) is 22.4 Å². The Morgan fingerprint density at radius 1 is 1.21 bits per heavy atom. The predicted molar refractivity (Wildman–Crippen MR) is 110 cm³/mol. The third kappa shape index (κ3) is 3.92. The molecule has 0 saturated carbocycles. The van der Waals surface area contributed by atoms with Gasteiger partial charge in [0.15, 0.2) is 0 Å². The Morgan fingerprint density at radius 2 is 2.00 bits per heavy atom. The summed E-state index contributed by atoms with van der Waals surface area (Å²) in [6.45, 7) is 0.886. The number of alkyl halides is 3. The highest BCUT2D eigenvalue weighted by Gasteiger charge is 2.33. The van der Waals surface area contributed by atoms with Gasteiger partial charge in [-0.1, -0.05) is 12.1 Å². The standard InChI is InChI=1S/C20H18F3N3OS.ClH/c21-20(22,23)14-3-1-2-12(8-14)16-9-17-19(27)25-10-15(4-6-24)26(17)18(16)13-5-7-28-11-13;/h1-3,5,7-9,11,15H,4,6,10,24H2,(H,25,27);1H. The van der Waals surface area contributed by atoms with Crippen LogP contribution >= 0.6 is 23.7 Å². The van der Waals surface area contributed by atoms with E-state index in [1.807, 2.05) is 21.4 Å². The van der Waals surface area contributed by atoms with Gasteiger partial charge in [-0.25, -0.2) is 0 Å². The fourth-order valence-corrected chi connectivity index (χ4v) is 4.31.